The lowest BCUT2D eigenvalue weighted by Crippen LogP contribution is -2.53. The molecule has 0 amide bonds. The molecule has 3 fully saturated rings. The first-order valence-corrected chi connectivity index (χ1v) is 9.24. The van der Waals surface area contributed by atoms with Crippen LogP contribution in [0.5, 0.6) is 0 Å². The van der Waals surface area contributed by atoms with Gasteiger partial charge in [-0.3, -0.25) is 4.79 Å². The molecule has 0 heterocycles. The second kappa shape index (κ2) is 4.47. The predicted octanol–water partition coefficient (Wildman–Crippen LogP) is 4.27. The van der Waals surface area contributed by atoms with Crippen LogP contribution in [0.1, 0.15) is 72.1 Å². The van der Waals surface area contributed by atoms with Crippen molar-refractivity contribution in [2.45, 2.75) is 77.7 Å². The molecule has 0 aromatic rings. The highest BCUT2D eigenvalue weighted by atomic mass is 16.3. The van der Waals surface area contributed by atoms with Crippen molar-refractivity contribution in [3.05, 3.63) is 11.6 Å². The van der Waals surface area contributed by atoms with Crippen molar-refractivity contribution >= 4 is 5.78 Å². The van der Waals surface area contributed by atoms with Crippen LogP contribution in [-0.4, -0.2) is 16.5 Å². The molecule has 3 saturated carbocycles. The van der Waals surface area contributed by atoms with Crippen molar-refractivity contribution in [2.24, 2.45) is 28.6 Å². The Bertz CT molecular complexity index is 546. The van der Waals surface area contributed by atoms with Crippen molar-refractivity contribution in [1.29, 1.82) is 0 Å². The Labute approximate surface area is 134 Å². The van der Waals surface area contributed by atoms with Crippen LogP contribution < -0.4 is 0 Å². The summed E-state index contributed by atoms with van der Waals surface area (Å²) < 4.78 is 0. The summed E-state index contributed by atoms with van der Waals surface area (Å²) in [5, 5.41) is 10.9. The van der Waals surface area contributed by atoms with Crippen molar-refractivity contribution in [3.8, 4) is 0 Å². The minimum Gasteiger partial charge on any atom is -0.390 e. The summed E-state index contributed by atoms with van der Waals surface area (Å²) >= 11 is 0. The third-order valence-corrected chi connectivity index (χ3v) is 8.52. The topological polar surface area (TPSA) is 37.3 Å². The smallest absolute Gasteiger partial charge is 0.155 e. The summed E-state index contributed by atoms with van der Waals surface area (Å²) in [5.41, 5.74) is 1.32. The molecule has 6 atom stereocenters. The fourth-order valence-corrected chi connectivity index (χ4v) is 6.80. The minimum absolute atomic E-state index is 0.107. The van der Waals surface area contributed by atoms with Gasteiger partial charge in [0.15, 0.2) is 5.78 Å². The van der Waals surface area contributed by atoms with E-state index in [1.807, 2.05) is 6.08 Å². The quantitative estimate of drug-likeness (QED) is 0.725. The van der Waals surface area contributed by atoms with Crippen molar-refractivity contribution in [3.63, 3.8) is 0 Å². The maximum absolute atomic E-state index is 11.8. The van der Waals surface area contributed by atoms with Crippen molar-refractivity contribution < 1.29 is 9.90 Å². The average Bonchev–Trinajstić information content (AvgIpc) is 2.70. The molecule has 0 aromatic carbocycles. The molecule has 4 aliphatic rings. The van der Waals surface area contributed by atoms with E-state index in [0.29, 0.717) is 11.7 Å². The molecule has 0 unspecified atom stereocenters. The molecule has 0 spiro atoms. The molecule has 1 N–H and O–H groups in total. The van der Waals surface area contributed by atoms with Gasteiger partial charge in [0, 0.05) is 6.42 Å². The number of ketones is 1. The molecule has 4 aliphatic carbocycles. The Morgan fingerprint density at radius 1 is 1.00 bits per heavy atom. The molecule has 122 valence electrons. The molecular formula is C20H30O2. The SMILES string of the molecule is C[C@]12CCC(=O)C=C1CC[C@H]1[C@H]3CC[C@](C)(O)[C@@]3(C)CC[C@@H]12. The van der Waals surface area contributed by atoms with Crippen LogP contribution in [0, 0.1) is 28.6 Å². The standard InChI is InChI=1S/C20H30O2/c1-18-9-6-14(21)12-13(18)4-5-15-16(18)7-10-19(2)17(15)8-11-20(19,3)22/h12,15-17,22H,4-11H2,1-3H3/t15-,16+,17-,18+,19+,20+/m1/s1. The van der Waals surface area contributed by atoms with Crippen LogP contribution in [-0.2, 0) is 4.79 Å². The maximum Gasteiger partial charge on any atom is 0.155 e. The van der Waals surface area contributed by atoms with E-state index in [1.54, 1.807) is 0 Å². The number of carbonyl (C=O) groups excluding carboxylic acids is 1. The maximum atomic E-state index is 11.8. The van der Waals surface area contributed by atoms with Gasteiger partial charge >= 0.3 is 0 Å². The van der Waals surface area contributed by atoms with Gasteiger partial charge in [0.25, 0.3) is 0 Å². The first kappa shape index (κ1) is 14.9. The van der Waals surface area contributed by atoms with Gasteiger partial charge in [-0.1, -0.05) is 19.4 Å². The van der Waals surface area contributed by atoms with Crippen LogP contribution in [0.15, 0.2) is 11.6 Å². The fraction of sp³-hybridized carbons (Fsp3) is 0.850. The third-order valence-electron chi connectivity index (χ3n) is 8.52. The number of fused-ring (bicyclic) bond motifs is 5. The lowest BCUT2D eigenvalue weighted by molar-refractivity contribution is -0.124. The van der Waals surface area contributed by atoms with Gasteiger partial charge in [0.1, 0.15) is 0 Å². The third kappa shape index (κ3) is 1.74. The summed E-state index contributed by atoms with van der Waals surface area (Å²) in [6.07, 6.45) is 10.7. The normalized spacial score (nSPS) is 54.3. The first-order chi connectivity index (χ1) is 10.3. The zero-order chi connectivity index (χ0) is 15.8. The van der Waals surface area contributed by atoms with E-state index in [0.717, 1.165) is 43.9 Å². The number of rotatable bonds is 0. The summed E-state index contributed by atoms with van der Waals surface area (Å²) in [6, 6.07) is 0. The van der Waals surface area contributed by atoms with Gasteiger partial charge in [0.05, 0.1) is 5.60 Å². The molecule has 0 radical (unpaired) electrons. The van der Waals surface area contributed by atoms with E-state index in [4.69, 9.17) is 0 Å². The van der Waals surface area contributed by atoms with Gasteiger partial charge in [-0.15, -0.1) is 0 Å². The van der Waals surface area contributed by atoms with Crippen LogP contribution >= 0.6 is 0 Å². The van der Waals surface area contributed by atoms with Crippen LogP contribution in [0.2, 0.25) is 0 Å². The Morgan fingerprint density at radius 2 is 1.73 bits per heavy atom. The molecule has 22 heavy (non-hydrogen) atoms. The molecule has 0 bridgehead atoms. The highest BCUT2D eigenvalue weighted by Gasteiger charge is 2.62. The molecule has 0 saturated heterocycles. The van der Waals surface area contributed by atoms with Gasteiger partial charge < -0.3 is 5.11 Å². The van der Waals surface area contributed by atoms with Crippen molar-refractivity contribution in [1.82, 2.24) is 0 Å². The summed E-state index contributed by atoms with van der Waals surface area (Å²) in [7, 11) is 0. The highest BCUT2D eigenvalue weighted by molar-refractivity contribution is 5.91. The van der Waals surface area contributed by atoms with E-state index in [-0.39, 0.29) is 10.8 Å². The van der Waals surface area contributed by atoms with Gasteiger partial charge in [-0.2, -0.15) is 0 Å². The predicted molar refractivity (Wildman–Crippen MR) is 87.3 cm³/mol. The molecule has 2 heteroatoms. The Morgan fingerprint density at radius 3 is 2.50 bits per heavy atom. The number of carbonyl (C=O) groups is 1. The second-order valence-electron chi connectivity index (χ2n) is 9.24. The number of allylic oxidation sites excluding steroid dienone is 1. The second-order valence-corrected chi connectivity index (χ2v) is 9.24. The first-order valence-electron chi connectivity index (χ1n) is 9.24. The van der Waals surface area contributed by atoms with E-state index in [2.05, 4.69) is 20.8 Å². The molecule has 0 aliphatic heterocycles. The summed E-state index contributed by atoms with van der Waals surface area (Å²) in [4.78, 5) is 11.8. The molecular weight excluding hydrogens is 272 g/mol. The molecule has 4 rings (SSSR count). The fourth-order valence-electron chi connectivity index (χ4n) is 6.80. The molecule has 0 aromatic heterocycles. The lowest BCUT2D eigenvalue weighted by Gasteiger charge is -2.58. The zero-order valence-electron chi connectivity index (χ0n) is 14.3. The van der Waals surface area contributed by atoms with E-state index < -0.39 is 5.60 Å². The van der Waals surface area contributed by atoms with Gasteiger partial charge in [-0.25, -0.2) is 0 Å². The number of hydrogen-bond acceptors (Lipinski definition) is 2. The highest BCUT2D eigenvalue weighted by Crippen LogP contribution is 2.67. The summed E-state index contributed by atoms with van der Waals surface area (Å²) in [5.74, 6) is 2.50. The van der Waals surface area contributed by atoms with Crippen LogP contribution in [0.25, 0.3) is 0 Å². The number of hydrogen-bond donors (Lipinski definition) is 1. The minimum atomic E-state index is -0.484. The van der Waals surface area contributed by atoms with Crippen molar-refractivity contribution in [2.75, 3.05) is 0 Å². The monoisotopic (exact) mass is 302 g/mol. The Hall–Kier alpha value is -0.630. The molecule has 2 nitrogen and oxygen atoms in total. The van der Waals surface area contributed by atoms with Gasteiger partial charge in [-0.05, 0) is 86.5 Å². The van der Waals surface area contributed by atoms with E-state index in [9.17, 15) is 9.90 Å². The van der Waals surface area contributed by atoms with Crippen LogP contribution in [0.3, 0.4) is 0 Å². The Balaban J connectivity index is 1.70. The van der Waals surface area contributed by atoms with E-state index >= 15 is 0 Å². The number of aliphatic hydroxyl groups is 1. The largest absolute Gasteiger partial charge is 0.390 e. The lowest BCUT2D eigenvalue weighted by atomic mass is 9.46. The zero-order valence-corrected chi connectivity index (χ0v) is 14.3. The Kier molecular flexibility index (Phi) is 3.03. The van der Waals surface area contributed by atoms with Gasteiger partial charge in [0.2, 0.25) is 0 Å². The van der Waals surface area contributed by atoms with E-state index in [1.165, 1.54) is 24.8 Å². The average molecular weight is 302 g/mol. The van der Waals surface area contributed by atoms with Crippen LogP contribution in [0.4, 0.5) is 0 Å². The summed E-state index contributed by atoms with van der Waals surface area (Å²) in [6.45, 7) is 6.85.